The van der Waals surface area contributed by atoms with Crippen LogP contribution >= 0.6 is 0 Å². The first-order valence-corrected chi connectivity index (χ1v) is 6.35. The van der Waals surface area contributed by atoms with Crippen LogP contribution in [0.5, 0.6) is 0 Å². The van der Waals surface area contributed by atoms with Gasteiger partial charge in [0.2, 0.25) is 0 Å². The molecule has 19 heavy (non-hydrogen) atoms. The highest BCUT2D eigenvalue weighted by Gasteiger charge is 2.33. The molecule has 0 aromatic heterocycles. The Labute approximate surface area is 112 Å². The van der Waals surface area contributed by atoms with Crippen molar-refractivity contribution in [3.05, 3.63) is 35.4 Å². The van der Waals surface area contributed by atoms with Crippen LogP contribution < -0.4 is 5.32 Å². The van der Waals surface area contributed by atoms with Gasteiger partial charge >= 0.3 is 12.0 Å². The smallest absolute Gasteiger partial charge is 0.323 e. The standard InChI is InChI=1S/C14H18N2O3/c1-9(2)10-3-5-11(6-4-10)12-7-15-14(19)16(12)8-13(17)18/h3-6,9,12H,7-8H2,1-2H3,(H,15,19)(H,17,18). The molecule has 2 N–H and O–H groups in total. The Balaban J connectivity index is 2.20. The van der Waals surface area contributed by atoms with E-state index in [-0.39, 0.29) is 18.6 Å². The predicted octanol–water partition coefficient (Wildman–Crippen LogP) is 1.96. The van der Waals surface area contributed by atoms with Crippen LogP contribution in [0.1, 0.15) is 36.9 Å². The van der Waals surface area contributed by atoms with Gasteiger partial charge in [-0.05, 0) is 17.0 Å². The fraction of sp³-hybridized carbons (Fsp3) is 0.429. The van der Waals surface area contributed by atoms with Crippen molar-refractivity contribution in [1.82, 2.24) is 10.2 Å². The van der Waals surface area contributed by atoms with Gasteiger partial charge < -0.3 is 15.3 Å². The van der Waals surface area contributed by atoms with Crippen molar-refractivity contribution >= 4 is 12.0 Å². The largest absolute Gasteiger partial charge is 0.480 e. The lowest BCUT2D eigenvalue weighted by Crippen LogP contribution is -2.34. The molecule has 1 aliphatic rings. The molecule has 1 unspecified atom stereocenters. The van der Waals surface area contributed by atoms with E-state index < -0.39 is 5.97 Å². The van der Waals surface area contributed by atoms with Gasteiger partial charge in [0.25, 0.3) is 0 Å². The van der Waals surface area contributed by atoms with Gasteiger partial charge in [0.05, 0.1) is 6.04 Å². The van der Waals surface area contributed by atoms with Gasteiger partial charge in [0, 0.05) is 6.54 Å². The van der Waals surface area contributed by atoms with E-state index in [4.69, 9.17) is 5.11 Å². The number of carbonyl (C=O) groups is 2. The fourth-order valence-electron chi connectivity index (χ4n) is 2.27. The minimum Gasteiger partial charge on any atom is -0.480 e. The molecule has 1 fully saturated rings. The highest BCUT2D eigenvalue weighted by Crippen LogP contribution is 2.25. The number of amides is 2. The molecule has 2 rings (SSSR count). The summed E-state index contributed by atoms with van der Waals surface area (Å²) < 4.78 is 0. The lowest BCUT2D eigenvalue weighted by molar-refractivity contribution is -0.137. The number of hydrogen-bond donors (Lipinski definition) is 2. The summed E-state index contributed by atoms with van der Waals surface area (Å²) in [5, 5.41) is 11.5. The Hall–Kier alpha value is -2.04. The van der Waals surface area contributed by atoms with Gasteiger partial charge in [0.1, 0.15) is 6.54 Å². The molecule has 1 saturated heterocycles. The molecule has 5 nitrogen and oxygen atoms in total. The molecule has 102 valence electrons. The Morgan fingerprint density at radius 1 is 1.42 bits per heavy atom. The monoisotopic (exact) mass is 262 g/mol. The van der Waals surface area contributed by atoms with Gasteiger partial charge in [-0.1, -0.05) is 38.1 Å². The third-order valence-corrected chi connectivity index (χ3v) is 3.38. The van der Waals surface area contributed by atoms with Crippen molar-refractivity contribution in [3.63, 3.8) is 0 Å². The Morgan fingerprint density at radius 2 is 2.05 bits per heavy atom. The third kappa shape index (κ3) is 2.86. The topological polar surface area (TPSA) is 69.6 Å². The number of benzene rings is 1. The highest BCUT2D eigenvalue weighted by atomic mass is 16.4. The van der Waals surface area contributed by atoms with E-state index in [1.807, 2.05) is 24.3 Å². The van der Waals surface area contributed by atoms with Gasteiger partial charge in [-0.15, -0.1) is 0 Å². The third-order valence-electron chi connectivity index (χ3n) is 3.38. The second-order valence-electron chi connectivity index (χ2n) is 5.04. The summed E-state index contributed by atoms with van der Waals surface area (Å²) in [6.45, 7) is 4.41. The number of nitrogens with zero attached hydrogens (tertiary/aromatic N) is 1. The predicted molar refractivity (Wildman–Crippen MR) is 71.0 cm³/mol. The van der Waals surface area contributed by atoms with Crippen LogP contribution in [-0.2, 0) is 4.79 Å². The SMILES string of the molecule is CC(C)c1ccc(C2CNC(=O)N2CC(=O)O)cc1. The van der Waals surface area contributed by atoms with E-state index in [1.54, 1.807) is 0 Å². The first kappa shape index (κ1) is 13.4. The molecule has 2 amide bonds. The first-order valence-electron chi connectivity index (χ1n) is 6.35. The molecule has 1 aromatic carbocycles. The molecular formula is C14H18N2O3. The molecule has 1 aromatic rings. The highest BCUT2D eigenvalue weighted by molar-refractivity contribution is 5.82. The number of urea groups is 1. The van der Waals surface area contributed by atoms with Crippen molar-refractivity contribution in [2.45, 2.75) is 25.8 Å². The lowest BCUT2D eigenvalue weighted by atomic mass is 9.99. The second-order valence-corrected chi connectivity index (χ2v) is 5.04. The lowest BCUT2D eigenvalue weighted by Gasteiger charge is -2.21. The first-order chi connectivity index (χ1) is 8.99. The van der Waals surface area contributed by atoms with E-state index in [9.17, 15) is 9.59 Å². The molecule has 1 atom stereocenters. The quantitative estimate of drug-likeness (QED) is 0.871. The maximum atomic E-state index is 11.6. The van der Waals surface area contributed by atoms with E-state index in [0.29, 0.717) is 12.5 Å². The van der Waals surface area contributed by atoms with Gasteiger partial charge in [-0.2, -0.15) is 0 Å². The minimum atomic E-state index is -0.999. The summed E-state index contributed by atoms with van der Waals surface area (Å²) in [5.41, 5.74) is 2.19. The number of carbonyl (C=O) groups excluding carboxylic acids is 1. The molecular weight excluding hydrogens is 244 g/mol. The zero-order chi connectivity index (χ0) is 14.0. The Kier molecular flexibility index (Phi) is 3.74. The summed E-state index contributed by atoms with van der Waals surface area (Å²) in [7, 11) is 0. The second kappa shape index (κ2) is 5.30. The van der Waals surface area contributed by atoms with Gasteiger partial charge in [0.15, 0.2) is 0 Å². The zero-order valence-corrected chi connectivity index (χ0v) is 11.1. The molecule has 5 heteroatoms. The molecule has 0 aliphatic carbocycles. The van der Waals surface area contributed by atoms with Crippen LogP contribution in [-0.4, -0.2) is 35.1 Å². The summed E-state index contributed by atoms with van der Waals surface area (Å²) in [6.07, 6.45) is 0. The van der Waals surface area contributed by atoms with Gasteiger partial charge in [-0.25, -0.2) is 4.79 Å². The van der Waals surface area contributed by atoms with E-state index in [2.05, 4.69) is 19.2 Å². The molecule has 0 spiro atoms. The molecule has 0 saturated carbocycles. The normalized spacial score (nSPS) is 18.8. The summed E-state index contributed by atoms with van der Waals surface area (Å²) in [5.74, 6) is -0.548. The molecule has 1 aliphatic heterocycles. The van der Waals surface area contributed by atoms with Crippen molar-refractivity contribution < 1.29 is 14.7 Å². The van der Waals surface area contributed by atoms with Crippen LogP contribution in [0.2, 0.25) is 0 Å². The average molecular weight is 262 g/mol. The van der Waals surface area contributed by atoms with E-state index >= 15 is 0 Å². The maximum absolute atomic E-state index is 11.6. The number of hydrogen-bond acceptors (Lipinski definition) is 2. The fourth-order valence-corrected chi connectivity index (χ4v) is 2.27. The average Bonchev–Trinajstić information content (AvgIpc) is 2.71. The van der Waals surface area contributed by atoms with Crippen LogP contribution in [0.15, 0.2) is 24.3 Å². The van der Waals surface area contributed by atoms with E-state index in [1.165, 1.54) is 10.5 Å². The Bertz CT molecular complexity index is 482. The summed E-state index contributed by atoms with van der Waals surface area (Å²) in [6, 6.07) is 7.47. The van der Waals surface area contributed by atoms with Crippen molar-refractivity contribution in [2.24, 2.45) is 0 Å². The number of rotatable bonds is 4. The maximum Gasteiger partial charge on any atom is 0.323 e. The summed E-state index contributed by atoms with van der Waals surface area (Å²) >= 11 is 0. The van der Waals surface area contributed by atoms with Crippen LogP contribution in [0.25, 0.3) is 0 Å². The van der Waals surface area contributed by atoms with Crippen molar-refractivity contribution in [3.8, 4) is 0 Å². The number of nitrogens with one attached hydrogen (secondary N) is 1. The van der Waals surface area contributed by atoms with Crippen LogP contribution in [0.3, 0.4) is 0 Å². The molecule has 0 radical (unpaired) electrons. The Morgan fingerprint density at radius 3 is 2.58 bits per heavy atom. The molecule has 0 bridgehead atoms. The van der Waals surface area contributed by atoms with E-state index in [0.717, 1.165) is 5.56 Å². The number of aliphatic carboxylic acids is 1. The number of carboxylic acids is 1. The summed E-state index contributed by atoms with van der Waals surface area (Å²) in [4.78, 5) is 23.8. The molecule has 1 heterocycles. The van der Waals surface area contributed by atoms with Gasteiger partial charge in [-0.3, -0.25) is 4.79 Å². The number of carboxylic acid groups (broad SMARTS) is 1. The zero-order valence-electron chi connectivity index (χ0n) is 11.1. The van der Waals surface area contributed by atoms with Crippen molar-refractivity contribution in [1.29, 1.82) is 0 Å². The minimum absolute atomic E-state index is 0.204. The van der Waals surface area contributed by atoms with Crippen LogP contribution in [0, 0.1) is 0 Å². The van der Waals surface area contributed by atoms with Crippen LogP contribution in [0.4, 0.5) is 4.79 Å². The van der Waals surface area contributed by atoms with Crippen molar-refractivity contribution in [2.75, 3.05) is 13.1 Å².